The van der Waals surface area contributed by atoms with E-state index < -0.39 is 10.7 Å². The number of hydrogen-bond donors (Lipinski definition) is 1. The zero-order chi connectivity index (χ0) is 20.1. The Hall–Kier alpha value is -3.29. The Balaban J connectivity index is 2.07. The van der Waals surface area contributed by atoms with Crippen LogP contribution in [0.2, 0.25) is 5.02 Å². The highest BCUT2D eigenvalue weighted by atomic mass is 35.5. The monoisotopic (exact) mass is 411 g/mol. The van der Waals surface area contributed by atoms with Crippen LogP contribution in [0.3, 0.4) is 0 Å². The van der Waals surface area contributed by atoms with Gasteiger partial charge in [-0.3, -0.25) is 10.1 Å². The quantitative estimate of drug-likeness (QED) is 0.173. The minimum atomic E-state index is -0.545. The van der Waals surface area contributed by atoms with Crippen LogP contribution in [0, 0.1) is 10.1 Å². The summed E-state index contributed by atoms with van der Waals surface area (Å²) in [6.45, 7) is 0. The minimum absolute atomic E-state index is 0.167. The molecule has 0 aliphatic heterocycles. The van der Waals surface area contributed by atoms with Gasteiger partial charge >= 0.3 is 0 Å². The smallest absolute Gasteiger partial charge is 0.270 e. The van der Waals surface area contributed by atoms with Gasteiger partial charge in [0, 0.05) is 35.0 Å². The third kappa shape index (κ3) is 4.51. The number of nitrogens with one attached hydrogen (secondary N) is 1. The molecule has 1 N–H and O–H groups in total. The van der Waals surface area contributed by atoms with Crippen molar-refractivity contribution in [2.45, 2.75) is 0 Å². The molecule has 8 heteroatoms. The van der Waals surface area contributed by atoms with E-state index >= 15 is 0 Å². The average molecular weight is 412 g/mol. The Bertz CT molecular complexity index is 1050. The molecule has 0 saturated heterocycles. The number of benzene rings is 2. The second kappa shape index (κ2) is 8.60. The first-order valence-corrected chi connectivity index (χ1v) is 8.94. The van der Waals surface area contributed by atoms with Gasteiger partial charge in [-0.2, -0.15) is 4.57 Å². The van der Waals surface area contributed by atoms with Gasteiger partial charge in [-0.15, -0.1) is 0 Å². The van der Waals surface area contributed by atoms with E-state index in [9.17, 15) is 15.2 Å². The number of pyridine rings is 1. The van der Waals surface area contributed by atoms with Gasteiger partial charge in [0.05, 0.1) is 4.92 Å². The Kier molecular flexibility index (Phi) is 5.98. The van der Waals surface area contributed by atoms with Crippen molar-refractivity contribution >= 4 is 51.6 Å². The summed E-state index contributed by atoms with van der Waals surface area (Å²) in [6, 6.07) is 17.7. The number of aromatic nitrogens is 1. The summed E-state index contributed by atoms with van der Waals surface area (Å²) in [7, 11) is 0. The van der Waals surface area contributed by atoms with Crippen LogP contribution in [0.5, 0.6) is 0 Å². The van der Waals surface area contributed by atoms with Crippen molar-refractivity contribution in [3.05, 3.63) is 99.8 Å². The van der Waals surface area contributed by atoms with Crippen LogP contribution in [0.4, 0.5) is 11.4 Å². The lowest BCUT2D eigenvalue weighted by Crippen LogP contribution is -2.39. The largest absolute Gasteiger partial charge is 0.867 e. The van der Waals surface area contributed by atoms with Crippen molar-refractivity contribution in [3.8, 4) is 0 Å². The summed E-state index contributed by atoms with van der Waals surface area (Å²) in [5.74, 6) is -0.439. The maximum Gasteiger partial charge on any atom is 0.270 e. The number of nitrogens with zero attached hydrogens (tertiary/aromatic N) is 2. The predicted octanol–water partition coefficient (Wildman–Crippen LogP) is 3.66. The molecule has 0 bridgehead atoms. The third-order valence-electron chi connectivity index (χ3n) is 3.83. The van der Waals surface area contributed by atoms with Gasteiger partial charge in [-0.1, -0.05) is 42.0 Å². The summed E-state index contributed by atoms with van der Waals surface area (Å²) in [4.78, 5) is 10.7. The summed E-state index contributed by atoms with van der Waals surface area (Å²) >= 11 is 11.4. The number of halogens is 1. The molecule has 0 radical (unpaired) electrons. The Labute approximate surface area is 171 Å². The van der Waals surface area contributed by atoms with Gasteiger partial charge in [0.25, 0.3) is 5.69 Å². The van der Waals surface area contributed by atoms with E-state index in [2.05, 4.69) is 5.32 Å². The molecule has 0 aliphatic carbocycles. The molecular weight excluding hydrogens is 398 g/mol. The number of non-ortho nitro benzene ring substituents is 1. The molecule has 0 spiro atoms. The van der Waals surface area contributed by atoms with Crippen LogP contribution < -0.4 is 15.0 Å². The first kappa shape index (κ1) is 19.5. The SMILES string of the molecule is O=[N+]([O-])c1cccc(/C([O-])=C(/C(=S)Nc2ccc(Cl)cc2)[n+]2ccccc2)c1. The second-order valence-corrected chi connectivity index (χ2v) is 6.57. The van der Waals surface area contributed by atoms with Crippen molar-refractivity contribution in [2.24, 2.45) is 0 Å². The van der Waals surface area contributed by atoms with Crippen molar-refractivity contribution in [2.75, 3.05) is 5.32 Å². The van der Waals surface area contributed by atoms with E-state index in [-0.39, 0.29) is 21.9 Å². The molecular formula is C20H14ClN3O3S. The molecule has 1 heterocycles. The second-order valence-electron chi connectivity index (χ2n) is 5.73. The molecule has 2 aromatic carbocycles. The minimum Gasteiger partial charge on any atom is -0.867 e. The molecule has 0 unspecified atom stereocenters. The van der Waals surface area contributed by atoms with Crippen LogP contribution in [-0.2, 0) is 0 Å². The van der Waals surface area contributed by atoms with Crippen LogP contribution in [0.15, 0.2) is 79.1 Å². The zero-order valence-corrected chi connectivity index (χ0v) is 16.0. The van der Waals surface area contributed by atoms with Crippen molar-refractivity contribution in [3.63, 3.8) is 0 Å². The van der Waals surface area contributed by atoms with Crippen LogP contribution >= 0.6 is 23.8 Å². The normalized spacial score (nSPS) is 11.5. The molecule has 3 aromatic rings. The lowest BCUT2D eigenvalue weighted by molar-refractivity contribution is -0.577. The number of rotatable bonds is 5. The summed E-state index contributed by atoms with van der Waals surface area (Å²) in [5.41, 5.74) is 0.835. The highest BCUT2D eigenvalue weighted by Gasteiger charge is 2.19. The van der Waals surface area contributed by atoms with E-state index in [4.69, 9.17) is 23.8 Å². The fourth-order valence-corrected chi connectivity index (χ4v) is 2.95. The summed E-state index contributed by atoms with van der Waals surface area (Å²) in [5, 5.41) is 27.8. The number of hydrogen-bond acceptors (Lipinski definition) is 4. The van der Waals surface area contributed by atoms with E-state index in [1.165, 1.54) is 24.3 Å². The highest BCUT2D eigenvalue weighted by molar-refractivity contribution is 7.81. The molecule has 0 saturated carbocycles. The zero-order valence-electron chi connectivity index (χ0n) is 14.4. The number of thiocarbonyl (C=S) groups is 1. The third-order valence-corrected chi connectivity index (χ3v) is 4.37. The number of nitro groups is 1. The van der Waals surface area contributed by atoms with Crippen molar-refractivity contribution in [1.82, 2.24) is 0 Å². The van der Waals surface area contributed by atoms with Gasteiger partial charge in [0.1, 0.15) is 0 Å². The summed E-state index contributed by atoms with van der Waals surface area (Å²) < 4.78 is 1.58. The first-order chi connectivity index (χ1) is 13.5. The first-order valence-electron chi connectivity index (χ1n) is 8.15. The van der Waals surface area contributed by atoms with Crippen molar-refractivity contribution < 1.29 is 14.6 Å². The predicted molar refractivity (Wildman–Crippen MR) is 111 cm³/mol. The lowest BCUT2D eigenvalue weighted by atomic mass is 10.1. The van der Waals surface area contributed by atoms with Gasteiger partial charge < -0.3 is 10.4 Å². The van der Waals surface area contributed by atoms with Gasteiger partial charge in [-0.05, 0) is 35.6 Å². The molecule has 0 fully saturated rings. The van der Waals surface area contributed by atoms with Crippen LogP contribution in [0.1, 0.15) is 5.56 Å². The fraction of sp³-hybridized carbons (Fsp3) is 0. The topological polar surface area (TPSA) is 82.1 Å². The lowest BCUT2D eigenvalue weighted by Gasteiger charge is -2.16. The molecule has 0 atom stereocenters. The summed E-state index contributed by atoms with van der Waals surface area (Å²) in [6.07, 6.45) is 3.36. The number of anilines is 1. The van der Waals surface area contributed by atoms with E-state index in [1.807, 2.05) is 6.07 Å². The van der Waals surface area contributed by atoms with E-state index in [0.717, 1.165) is 0 Å². The number of nitro benzene ring substituents is 1. The fourth-order valence-electron chi connectivity index (χ4n) is 2.51. The van der Waals surface area contributed by atoms with Gasteiger partial charge in [0.15, 0.2) is 17.4 Å². The van der Waals surface area contributed by atoms with Gasteiger partial charge in [0.2, 0.25) is 5.70 Å². The van der Waals surface area contributed by atoms with E-state index in [0.29, 0.717) is 10.7 Å². The Morgan fingerprint density at radius 3 is 2.36 bits per heavy atom. The molecule has 28 heavy (non-hydrogen) atoms. The van der Waals surface area contributed by atoms with Crippen LogP contribution in [0.25, 0.3) is 11.5 Å². The van der Waals surface area contributed by atoms with Crippen molar-refractivity contribution in [1.29, 1.82) is 0 Å². The van der Waals surface area contributed by atoms with Crippen LogP contribution in [-0.4, -0.2) is 9.91 Å². The molecule has 1 aromatic heterocycles. The highest BCUT2D eigenvalue weighted by Crippen LogP contribution is 2.21. The molecule has 140 valence electrons. The average Bonchev–Trinajstić information content (AvgIpc) is 2.70. The molecule has 6 nitrogen and oxygen atoms in total. The Morgan fingerprint density at radius 2 is 1.71 bits per heavy atom. The van der Waals surface area contributed by atoms with E-state index in [1.54, 1.807) is 53.4 Å². The van der Waals surface area contributed by atoms with Gasteiger partial charge in [-0.25, -0.2) is 0 Å². The molecule has 3 rings (SSSR count). The molecule has 0 amide bonds. The standard InChI is InChI=1S/C20H14ClN3O3S/c21-15-7-9-16(10-8-15)22-20(28)18(23-11-2-1-3-12-23)19(25)14-5-4-6-17(13-14)24(26)27/h1-13H,(H-,22,25,28). The maximum absolute atomic E-state index is 13.2. The Morgan fingerprint density at radius 1 is 1.04 bits per heavy atom. The maximum atomic E-state index is 13.2. The molecule has 0 aliphatic rings.